The van der Waals surface area contributed by atoms with Crippen molar-refractivity contribution in [1.82, 2.24) is 10.2 Å². The molecule has 1 aromatic rings. The summed E-state index contributed by atoms with van der Waals surface area (Å²) in [4.78, 5) is 14.2. The van der Waals surface area contributed by atoms with E-state index in [1.54, 1.807) is 0 Å². The highest BCUT2D eigenvalue weighted by Crippen LogP contribution is 2.21. The molecule has 0 saturated carbocycles. The molecule has 2 aliphatic rings. The van der Waals surface area contributed by atoms with Crippen molar-refractivity contribution in [3.63, 3.8) is 0 Å². The maximum atomic E-state index is 12.1. The average Bonchev–Trinajstić information content (AvgIpc) is 2.53. The molecule has 1 N–H and O–H groups in total. The van der Waals surface area contributed by atoms with Crippen LogP contribution in [-0.2, 0) is 17.6 Å². The zero-order valence-corrected chi connectivity index (χ0v) is 12.1. The van der Waals surface area contributed by atoms with Crippen LogP contribution in [0.5, 0.6) is 0 Å². The topological polar surface area (TPSA) is 32.3 Å². The summed E-state index contributed by atoms with van der Waals surface area (Å²) in [7, 11) is 0. The van der Waals surface area contributed by atoms with E-state index in [2.05, 4.69) is 29.6 Å². The number of aryl methyl sites for hydroxylation is 1. The molecule has 1 unspecified atom stereocenters. The van der Waals surface area contributed by atoms with Crippen molar-refractivity contribution in [1.29, 1.82) is 0 Å². The third-order valence-electron chi connectivity index (χ3n) is 4.60. The summed E-state index contributed by atoms with van der Waals surface area (Å²) >= 11 is 0. The molecule has 3 nitrogen and oxygen atoms in total. The van der Waals surface area contributed by atoms with E-state index in [0.29, 0.717) is 12.6 Å². The summed E-state index contributed by atoms with van der Waals surface area (Å²) in [6.07, 6.45) is 6.95. The Labute approximate surface area is 121 Å². The molecule has 0 aromatic heterocycles. The van der Waals surface area contributed by atoms with Gasteiger partial charge < -0.3 is 10.2 Å². The zero-order chi connectivity index (χ0) is 13.8. The normalized spacial score (nSPS) is 22.4. The number of rotatable bonds is 3. The molecule has 1 saturated heterocycles. The standard InChI is InChI=1S/C17H24N2O/c20-17(19-10-4-1-5-11-19)13-18-16-9-8-14-6-2-3-7-15(14)12-16/h2-3,6-7,16,18H,1,4-5,8-13H2. The smallest absolute Gasteiger partial charge is 0.236 e. The van der Waals surface area contributed by atoms with Crippen molar-refractivity contribution in [2.45, 2.75) is 44.6 Å². The molecule has 1 aliphatic carbocycles. The Morgan fingerprint density at radius 1 is 1.15 bits per heavy atom. The van der Waals surface area contributed by atoms with Gasteiger partial charge in [0.15, 0.2) is 0 Å². The molecule has 0 bridgehead atoms. The summed E-state index contributed by atoms with van der Waals surface area (Å²) in [5.41, 5.74) is 2.93. The second-order valence-electron chi connectivity index (χ2n) is 6.03. The van der Waals surface area contributed by atoms with Crippen LogP contribution in [0.4, 0.5) is 0 Å². The molecule has 1 aliphatic heterocycles. The second-order valence-corrected chi connectivity index (χ2v) is 6.03. The quantitative estimate of drug-likeness (QED) is 0.914. The van der Waals surface area contributed by atoms with Gasteiger partial charge in [0.25, 0.3) is 0 Å². The van der Waals surface area contributed by atoms with Crippen LogP contribution in [-0.4, -0.2) is 36.5 Å². The number of nitrogens with zero attached hydrogens (tertiary/aromatic N) is 1. The van der Waals surface area contributed by atoms with Crippen molar-refractivity contribution in [2.24, 2.45) is 0 Å². The molecular formula is C17H24N2O. The van der Waals surface area contributed by atoms with E-state index in [1.807, 2.05) is 4.90 Å². The summed E-state index contributed by atoms with van der Waals surface area (Å²) < 4.78 is 0. The minimum Gasteiger partial charge on any atom is -0.342 e. The summed E-state index contributed by atoms with van der Waals surface area (Å²) in [5.74, 6) is 0.281. The molecule has 0 spiro atoms. The van der Waals surface area contributed by atoms with Gasteiger partial charge in [-0.15, -0.1) is 0 Å². The monoisotopic (exact) mass is 272 g/mol. The number of carbonyl (C=O) groups is 1. The molecular weight excluding hydrogens is 248 g/mol. The van der Waals surface area contributed by atoms with E-state index < -0.39 is 0 Å². The van der Waals surface area contributed by atoms with E-state index in [4.69, 9.17) is 0 Å². The fourth-order valence-electron chi connectivity index (χ4n) is 3.36. The first kappa shape index (κ1) is 13.6. The van der Waals surface area contributed by atoms with E-state index in [0.717, 1.165) is 32.4 Å². The number of benzene rings is 1. The van der Waals surface area contributed by atoms with E-state index >= 15 is 0 Å². The van der Waals surface area contributed by atoms with Crippen LogP contribution in [0.2, 0.25) is 0 Å². The first-order valence-electron chi connectivity index (χ1n) is 7.91. The average molecular weight is 272 g/mol. The molecule has 3 rings (SSSR count). The van der Waals surface area contributed by atoms with Crippen molar-refractivity contribution in [3.8, 4) is 0 Å². The van der Waals surface area contributed by atoms with Crippen LogP contribution in [0, 0.1) is 0 Å². The molecule has 0 radical (unpaired) electrons. The first-order valence-corrected chi connectivity index (χ1v) is 7.91. The lowest BCUT2D eigenvalue weighted by atomic mass is 9.88. The molecule has 108 valence electrons. The number of nitrogens with one attached hydrogen (secondary N) is 1. The Kier molecular flexibility index (Phi) is 4.36. The van der Waals surface area contributed by atoms with Crippen molar-refractivity contribution < 1.29 is 4.79 Å². The van der Waals surface area contributed by atoms with Gasteiger partial charge in [-0.3, -0.25) is 4.79 Å². The Hall–Kier alpha value is -1.35. The van der Waals surface area contributed by atoms with Gasteiger partial charge in [0, 0.05) is 19.1 Å². The van der Waals surface area contributed by atoms with Gasteiger partial charge in [0.2, 0.25) is 5.91 Å². The molecule has 1 aromatic carbocycles. The number of carbonyl (C=O) groups excluding carboxylic acids is 1. The lowest BCUT2D eigenvalue weighted by molar-refractivity contribution is -0.131. The number of hydrogen-bond acceptors (Lipinski definition) is 2. The van der Waals surface area contributed by atoms with Crippen molar-refractivity contribution in [2.75, 3.05) is 19.6 Å². The van der Waals surface area contributed by atoms with Crippen LogP contribution in [0.3, 0.4) is 0 Å². The summed E-state index contributed by atoms with van der Waals surface area (Å²) in [6.45, 7) is 2.41. The maximum Gasteiger partial charge on any atom is 0.236 e. The lowest BCUT2D eigenvalue weighted by Crippen LogP contribution is -2.45. The third kappa shape index (κ3) is 3.21. The SMILES string of the molecule is O=C(CNC1CCc2ccccc2C1)N1CCCCC1. The minimum atomic E-state index is 0.281. The highest BCUT2D eigenvalue weighted by molar-refractivity contribution is 5.78. The number of likely N-dealkylation sites (tertiary alicyclic amines) is 1. The predicted molar refractivity (Wildman–Crippen MR) is 80.7 cm³/mol. The number of piperidine rings is 1. The van der Waals surface area contributed by atoms with Gasteiger partial charge in [-0.25, -0.2) is 0 Å². The fraction of sp³-hybridized carbons (Fsp3) is 0.588. The molecule has 1 fully saturated rings. The van der Waals surface area contributed by atoms with Gasteiger partial charge in [-0.2, -0.15) is 0 Å². The van der Waals surface area contributed by atoms with Crippen molar-refractivity contribution >= 4 is 5.91 Å². The van der Waals surface area contributed by atoms with Crippen LogP contribution in [0.1, 0.15) is 36.8 Å². The number of amides is 1. The van der Waals surface area contributed by atoms with Gasteiger partial charge in [-0.1, -0.05) is 24.3 Å². The Balaban J connectivity index is 1.49. The minimum absolute atomic E-state index is 0.281. The maximum absolute atomic E-state index is 12.1. The Morgan fingerprint density at radius 2 is 1.90 bits per heavy atom. The van der Waals surface area contributed by atoms with Crippen molar-refractivity contribution in [3.05, 3.63) is 35.4 Å². The Bertz CT molecular complexity index is 466. The molecule has 20 heavy (non-hydrogen) atoms. The van der Waals surface area contributed by atoms with Gasteiger partial charge in [0.05, 0.1) is 6.54 Å². The lowest BCUT2D eigenvalue weighted by Gasteiger charge is -2.29. The Morgan fingerprint density at radius 3 is 2.70 bits per heavy atom. The van der Waals surface area contributed by atoms with E-state index in [-0.39, 0.29) is 5.91 Å². The van der Waals surface area contributed by atoms with Crippen LogP contribution in [0.15, 0.2) is 24.3 Å². The molecule has 1 heterocycles. The zero-order valence-electron chi connectivity index (χ0n) is 12.1. The highest BCUT2D eigenvalue weighted by atomic mass is 16.2. The predicted octanol–water partition coefficient (Wildman–Crippen LogP) is 2.15. The largest absolute Gasteiger partial charge is 0.342 e. The first-order chi connectivity index (χ1) is 9.83. The fourth-order valence-corrected chi connectivity index (χ4v) is 3.36. The van der Waals surface area contributed by atoms with Crippen LogP contribution < -0.4 is 5.32 Å². The molecule has 1 atom stereocenters. The molecule has 1 amide bonds. The van der Waals surface area contributed by atoms with Gasteiger partial charge >= 0.3 is 0 Å². The van der Waals surface area contributed by atoms with E-state index in [9.17, 15) is 4.79 Å². The van der Waals surface area contributed by atoms with Gasteiger partial charge in [0.1, 0.15) is 0 Å². The van der Waals surface area contributed by atoms with E-state index in [1.165, 1.54) is 30.4 Å². The van der Waals surface area contributed by atoms with Crippen LogP contribution in [0.25, 0.3) is 0 Å². The number of fused-ring (bicyclic) bond motifs is 1. The second kappa shape index (κ2) is 6.40. The third-order valence-corrected chi connectivity index (χ3v) is 4.60. The molecule has 3 heteroatoms. The number of hydrogen-bond donors (Lipinski definition) is 1. The summed E-state index contributed by atoms with van der Waals surface area (Å²) in [5, 5.41) is 3.47. The highest BCUT2D eigenvalue weighted by Gasteiger charge is 2.20. The van der Waals surface area contributed by atoms with Gasteiger partial charge in [-0.05, 0) is 49.7 Å². The van der Waals surface area contributed by atoms with Crippen LogP contribution >= 0.6 is 0 Å². The summed E-state index contributed by atoms with van der Waals surface area (Å²) in [6, 6.07) is 9.13.